The molecule has 0 amide bonds. The molecular weight excluding hydrogens is 354 g/mol. The van der Waals surface area contributed by atoms with Crippen molar-refractivity contribution in [3.63, 3.8) is 0 Å². The molecule has 0 saturated carbocycles. The first-order chi connectivity index (χ1) is 13.5. The van der Waals surface area contributed by atoms with Gasteiger partial charge in [-0.15, -0.1) is 0 Å². The minimum Gasteiger partial charge on any atom is -0.481 e. The minimum atomic E-state index is -0.509. The van der Waals surface area contributed by atoms with Gasteiger partial charge in [0.05, 0.1) is 17.1 Å². The second-order valence-corrected chi connectivity index (χ2v) is 6.44. The molecule has 6 nitrogen and oxygen atoms in total. The quantitative estimate of drug-likeness (QED) is 0.613. The van der Waals surface area contributed by atoms with Gasteiger partial charge in [-0.2, -0.15) is 10.4 Å². The number of hydrogen-bond acceptors (Lipinski definition) is 5. The number of aryl methyl sites for hydroxylation is 3. The first-order valence-electron chi connectivity index (χ1n) is 8.90. The zero-order chi connectivity index (χ0) is 20.1. The van der Waals surface area contributed by atoms with Crippen molar-refractivity contribution in [3.05, 3.63) is 76.6 Å². The van der Waals surface area contributed by atoms with Gasteiger partial charge in [-0.3, -0.25) is 0 Å². The molecule has 142 valence electrons. The summed E-state index contributed by atoms with van der Waals surface area (Å²) in [6.45, 7) is 5.34. The zero-order valence-electron chi connectivity index (χ0n) is 16.1. The number of nitrogens with zero attached hydrogens (tertiary/aromatic N) is 3. The molecule has 1 heterocycles. The third kappa shape index (κ3) is 4.04. The minimum absolute atomic E-state index is 0.0619. The Morgan fingerprint density at radius 2 is 1.75 bits per heavy atom. The lowest BCUT2D eigenvalue weighted by atomic mass is 10.1. The van der Waals surface area contributed by atoms with Gasteiger partial charge in [0, 0.05) is 0 Å². The summed E-state index contributed by atoms with van der Waals surface area (Å²) < 4.78 is 12.6. The predicted molar refractivity (Wildman–Crippen MR) is 104 cm³/mol. The highest BCUT2D eigenvalue weighted by Gasteiger charge is 2.18. The average Bonchev–Trinajstić information content (AvgIpc) is 3.02. The second-order valence-electron chi connectivity index (χ2n) is 6.44. The lowest BCUT2D eigenvalue weighted by Crippen LogP contribution is -2.17. The van der Waals surface area contributed by atoms with Crippen molar-refractivity contribution in [1.82, 2.24) is 9.78 Å². The second kappa shape index (κ2) is 8.40. The van der Waals surface area contributed by atoms with Gasteiger partial charge in [0.2, 0.25) is 0 Å². The van der Waals surface area contributed by atoms with E-state index in [1.807, 2.05) is 62.4 Å². The van der Waals surface area contributed by atoms with Crippen LogP contribution in [0.5, 0.6) is 5.75 Å². The fourth-order valence-corrected chi connectivity index (χ4v) is 2.99. The van der Waals surface area contributed by atoms with Crippen LogP contribution in [-0.2, 0) is 16.1 Å². The van der Waals surface area contributed by atoms with E-state index >= 15 is 0 Å². The number of benzene rings is 2. The third-order valence-electron chi connectivity index (χ3n) is 4.38. The van der Waals surface area contributed by atoms with Gasteiger partial charge >= 0.3 is 5.97 Å². The molecule has 28 heavy (non-hydrogen) atoms. The predicted octanol–water partition coefficient (Wildman–Crippen LogP) is 3.79. The van der Waals surface area contributed by atoms with Crippen LogP contribution in [0.2, 0.25) is 0 Å². The number of para-hydroxylation sites is 2. The SMILES string of the molecule is Cc1cccc(C)c1OCC(=O)OCc1c(C#N)c(C)nn1-c1ccccc1. The lowest BCUT2D eigenvalue weighted by molar-refractivity contribution is -0.147. The maximum absolute atomic E-state index is 12.2. The van der Waals surface area contributed by atoms with E-state index < -0.39 is 5.97 Å². The highest BCUT2D eigenvalue weighted by molar-refractivity contribution is 5.71. The van der Waals surface area contributed by atoms with E-state index in [9.17, 15) is 10.1 Å². The summed E-state index contributed by atoms with van der Waals surface area (Å²) in [7, 11) is 0. The molecule has 0 saturated heterocycles. The largest absolute Gasteiger partial charge is 0.481 e. The van der Waals surface area contributed by atoms with E-state index in [2.05, 4.69) is 11.2 Å². The Hall–Kier alpha value is -3.59. The Kier molecular flexibility index (Phi) is 5.75. The molecule has 2 aromatic carbocycles. The highest BCUT2D eigenvalue weighted by atomic mass is 16.6. The maximum Gasteiger partial charge on any atom is 0.344 e. The normalized spacial score (nSPS) is 10.4. The number of nitriles is 1. The van der Waals surface area contributed by atoms with E-state index in [0.717, 1.165) is 16.8 Å². The van der Waals surface area contributed by atoms with Crippen LogP contribution in [0, 0.1) is 32.1 Å². The van der Waals surface area contributed by atoms with Crippen LogP contribution < -0.4 is 4.74 Å². The molecule has 1 aromatic heterocycles. The monoisotopic (exact) mass is 375 g/mol. The number of aromatic nitrogens is 2. The number of ether oxygens (including phenoxy) is 2. The van der Waals surface area contributed by atoms with E-state index in [-0.39, 0.29) is 13.2 Å². The smallest absolute Gasteiger partial charge is 0.344 e. The van der Waals surface area contributed by atoms with E-state index in [0.29, 0.717) is 22.7 Å². The molecule has 0 aliphatic heterocycles. The molecule has 0 N–H and O–H groups in total. The maximum atomic E-state index is 12.2. The van der Waals surface area contributed by atoms with Crippen LogP contribution in [0.1, 0.15) is 28.1 Å². The standard InChI is InChI=1S/C22H21N3O3/c1-15-8-7-9-16(2)22(15)28-14-21(26)27-13-20-19(12-23)17(3)24-25(20)18-10-5-4-6-11-18/h4-11H,13-14H2,1-3H3. The zero-order valence-corrected chi connectivity index (χ0v) is 16.1. The number of carbonyl (C=O) groups is 1. The van der Waals surface area contributed by atoms with Gasteiger partial charge in [-0.25, -0.2) is 9.48 Å². The van der Waals surface area contributed by atoms with Crippen molar-refractivity contribution in [2.24, 2.45) is 0 Å². The van der Waals surface area contributed by atoms with Crippen molar-refractivity contribution in [2.75, 3.05) is 6.61 Å². The van der Waals surface area contributed by atoms with Crippen molar-refractivity contribution < 1.29 is 14.3 Å². The van der Waals surface area contributed by atoms with Crippen LogP contribution >= 0.6 is 0 Å². The summed E-state index contributed by atoms with van der Waals surface area (Å²) in [5.41, 5.74) is 4.24. The Bertz CT molecular complexity index is 1010. The Morgan fingerprint density at radius 1 is 1.07 bits per heavy atom. The third-order valence-corrected chi connectivity index (χ3v) is 4.38. The Labute approximate surface area is 163 Å². The molecule has 3 rings (SSSR count). The lowest BCUT2D eigenvalue weighted by Gasteiger charge is -2.12. The molecule has 0 unspecified atom stereocenters. The molecule has 0 fully saturated rings. The first kappa shape index (κ1) is 19.2. The molecule has 0 aliphatic carbocycles. The van der Waals surface area contributed by atoms with Gasteiger partial charge < -0.3 is 9.47 Å². The van der Waals surface area contributed by atoms with Crippen molar-refractivity contribution >= 4 is 5.97 Å². The summed E-state index contributed by atoms with van der Waals surface area (Å²) in [5.74, 6) is 0.173. The summed E-state index contributed by atoms with van der Waals surface area (Å²) in [5, 5.41) is 13.9. The van der Waals surface area contributed by atoms with Gasteiger partial charge in [0.25, 0.3) is 0 Å². The molecule has 3 aromatic rings. The number of hydrogen-bond donors (Lipinski definition) is 0. The molecular formula is C22H21N3O3. The van der Waals surface area contributed by atoms with E-state index in [4.69, 9.17) is 9.47 Å². The summed E-state index contributed by atoms with van der Waals surface area (Å²) >= 11 is 0. The van der Waals surface area contributed by atoms with Gasteiger partial charge in [0.1, 0.15) is 24.0 Å². The van der Waals surface area contributed by atoms with Crippen molar-refractivity contribution in [3.8, 4) is 17.5 Å². The highest BCUT2D eigenvalue weighted by Crippen LogP contribution is 2.22. The Morgan fingerprint density at radius 3 is 2.39 bits per heavy atom. The summed E-state index contributed by atoms with van der Waals surface area (Å²) in [4.78, 5) is 12.2. The van der Waals surface area contributed by atoms with Crippen LogP contribution in [0.25, 0.3) is 5.69 Å². The van der Waals surface area contributed by atoms with Crippen molar-refractivity contribution in [2.45, 2.75) is 27.4 Å². The Balaban J connectivity index is 1.72. The van der Waals surface area contributed by atoms with E-state index in [1.165, 1.54) is 0 Å². The molecule has 0 atom stereocenters. The van der Waals surface area contributed by atoms with Crippen LogP contribution in [0.4, 0.5) is 0 Å². The molecule has 0 aliphatic rings. The summed E-state index contributed by atoms with van der Waals surface area (Å²) in [6, 6.07) is 17.3. The van der Waals surface area contributed by atoms with Gasteiger partial charge in [-0.05, 0) is 44.0 Å². The number of esters is 1. The van der Waals surface area contributed by atoms with Crippen LogP contribution in [0.3, 0.4) is 0 Å². The first-order valence-corrected chi connectivity index (χ1v) is 8.90. The van der Waals surface area contributed by atoms with E-state index in [1.54, 1.807) is 11.6 Å². The van der Waals surface area contributed by atoms with Crippen LogP contribution in [0.15, 0.2) is 48.5 Å². The average molecular weight is 375 g/mol. The fourth-order valence-electron chi connectivity index (χ4n) is 2.99. The summed E-state index contributed by atoms with van der Waals surface area (Å²) in [6.07, 6.45) is 0. The molecule has 0 spiro atoms. The van der Waals surface area contributed by atoms with Crippen molar-refractivity contribution in [1.29, 1.82) is 5.26 Å². The topological polar surface area (TPSA) is 77.1 Å². The number of rotatable bonds is 6. The molecule has 6 heteroatoms. The molecule has 0 bridgehead atoms. The van der Waals surface area contributed by atoms with Crippen LogP contribution in [-0.4, -0.2) is 22.4 Å². The molecule has 0 radical (unpaired) electrons. The van der Waals surface area contributed by atoms with Gasteiger partial charge in [-0.1, -0.05) is 36.4 Å². The number of carbonyl (C=O) groups excluding carboxylic acids is 1. The fraction of sp³-hybridized carbons (Fsp3) is 0.227. The van der Waals surface area contributed by atoms with Gasteiger partial charge in [0.15, 0.2) is 6.61 Å².